The smallest absolute Gasteiger partial charge is 0.262 e. The Hall–Kier alpha value is -1.33. The fraction of sp³-hybridized carbons (Fsp3) is 0.182. The highest BCUT2D eigenvalue weighted by atomic mass is 35.5. The van der Waals surface area contributed by atoms with Crippen LogP contribution in [-0.4, -0.2) is 22.1 Å². The Bertz CT molecular complexity index is 499. The van der Waals surface area contributed by atoms with Crippen molar-refractivity contribution < 1.29 is 9.59 Å². The van der Waals surface area contributed by atoms with Crippen molar-refractivity contribution in [2.75, 3.05) is 0 Å². The van der Waals surface area contributed by atoms with Crippen LogP contribution in [0, 0.1) is 0 Å². The minimum absolute atomic E-state index is 0.106. The first-order valence-corrected chi connectivity index (χ1v) is 6.15. The van der Waals surface area contributed by atoms with Crippen LogP contribution in [0.2, 0.25) is 5.02 Å². The van der Waals surface area contributed by atoms with Gasteiger partial charge >= 0.3 is 0 Å². The zero-order chi connectivity index (χ0) is 12.4. The molecule has 1 aromatic rings. The molecule has 0 aliphatic carbocycles. The molecule has 0 aromatic heterocycles. The maximum atomic E-state index is 11.9. The Labute approximate surface area is 107 Å². The largest absolute Gasteiger partial charge is 0.378 e. The summed E-state index contributed by atoms with van der Waals surface area (Å²) < 4.78 is 0. The van der Waals surface area contributed by atoms with Crippen LogP contribution >= 0.6 is 23.4 Å². The van der Waals surface area contributed by atoms with Crippen molar-refractivity contribution in [2.45, 2.75) is 11.7 Å². The Kier molecular flexibility index (Phi) is 3.49. The van der Waals surface area contributed by atoms with Crippen LogP contribution in [0.3, 0.4) is 0 Å². The molecule has 0 bridgehead atoms. The second-order valence-corrected chi connectivity index (χ2v) is 5.19. The SMILES string of the molecule is NC1=NC(=O)[C@H](CC(=O)c2ccc(Cl)cc2)S1. The number of nitrogens with zero attached hydrogens (tertiary/aromatic N) is 1. The molecule has 0 radical (unpaired) electrons. The average Bonchev–Trinajstić information content (AvgIpc) is 2.58. The van der Waals surface area contributed by atoms with E-state index in [1.165, 1.54) is 0 Å². The number of aliphatic imine (C=N–C) groups is 1. The van der Waals surface area contributed by atoms with E-state index in [0.717, 1.165) is 11.8 Å². The molecule has 1 atom stereocenters. The van der Waals surface area contributed by atoms with Crippen LogP contribution in [-0.2, 0) is 4.79 Å². The predicted molar refractivity (Wildman–Crippen MR) is 68.4 cm³/mol. The third-order valence-electron chi connectivity index (χ3n) is 2.30. The highest BCUT2D eigenvalue weighted by Crippen LogP contribution is 2.24. The molecule has 0 fully saturated rings. The molecule has 4 nitrogen and oxygen atoms in total. The van der Waals surface area contributed by atoms with Crippen molar-refractivity contribution >= 4 is 40.2 Å². The minimum Gasteiger partial charge on any atom is -0.378 e. The normalized spacial score (nSPS) is 19.2. The number of thioether (sulfide) groups is 1. The Morgan fingerprint density at radius 2 is 2.06 bits per heavy atom. The van der Waals surface area contributed by atoms with Crippen molar-refractivity contribution in [3.8, 4) is 0 Å². The molecule has 1 aliphatic heterocycles. The number of carbonyl (C=O) groups is 2. The number of benzene rings is 1. The van der Waals surface area contributed by atoms with E-state index in [1.807, 2.05) is 0 Å². The molecule has 0 saturated carbocycles. The van der Waals surface area contributed by atoms with E-state index in [9.17, 15) is 9.59 Å². The van der Waals surface area contributed by atoms with E-state index < -0.39 is 5.25 Å². The predicted octanol–water partition coefficient (Wildman–Crippen LogP) is 1.87. The van der Waals surface area contributed by atoms with Gasteiger partial charge in [-0.1, -0.05) is 23.4 Å². The Morgan fingerprint density at radius 3 is 2.59 bits per heavy atom. The molecule has 1 aromatic carbocycles. The second-order valence-electron chi connectivity index (χ2n) is 3.53. The van der Waals surface area contributed by atoms with Crippen LogP contribution < -0.4 is 5.73 Å². The van der Waals surface area contributed by atoms with Crippen LogP contribution in [0.4, 0.5) is 0 Å². The summed E-state index contributed by atoms with van der Waals surface area (Å²) in [5, 5.41) is 0.308. The van der Waals surface area contributed by atoms with Crippen molar-refractivity contribution in [3.05, 3.63) is 34.9 Å². The van der Waals surface area contributed by atoms with Gasteiger partial charge in [0, 0.05) is 17.0 Å². The summed E-state index contributed by atoms with van der Waals surface area (Å²) >= 11 is 6.86. The average molecular weight is 269 g/mol. The molecule has 1 amide bonds. The van der Waals surface area contributed by atoms with Gasteiger partial charge in [-0.3, -0.25) is 9.59 Å². The summed E-state index contributed by atoms with van der Waals surface area (Å²) in [5.41, 5.74) is 5.95. The van der Waals surface area contributed by atoms with Crippen LogP contribution in [0.15, 0.2) is 29.3 Å². The van der Waals surface area contributed by atoms with E-state index in [2.05, 4.69) is 4.99 Å². The molecule has 2 rings (SSSR count). The molecular weight excluding hydrogens is 260 g/mol. The molecule has 6 heteroatoms. The molecule has 0 saturated heterocycles. The summed E-state index contributed by atoms with van der Waals surface area (Å²) in [6, 6.07) is 6.56. The summed E-state index contributed by atoms with van der Waals surface area (Å²) in [4.78, 5) is 26.8. The van der Waals surface area contributed by atoms with Gasteiger partial charge < -0.3 is 5.73 Å². The molecule has 17 heavy (non-hydrogen) atoms. The van der Waals surface area contributed by atoms with Crippen molar-refractivity contribution in [1.82, 2.24) is 0 Å². The van der Waals surface area contributed by atoms with Gasteiger partial charge in [-0.05, 0) is 24.3 Å². The quantitative estimate of drug-likeness (QED) is 0.850. The monoisotopic (exact) mass is 268 g/mol. The highest BCUT2D eigenvalue weighted by Gasteiger charge is 2.29. The van der Waals surface area contributed by atoms with E-state index in [-0.39, 0.29) is 23.3 Å². The number of amidine groups is 1. The lowest BCUT2D eigenvalue weighted by atomic mass is 10.1. The van der Waals surface area contributed by atoms with E-state index in [1.54, 1.807) is 24.3 Å². The molecule has 2 N–H and O–H groups in total. The maximum Gasteiger partial charge on any atom is 0.262 e. The van der Waals surface area contributed by atoms with Gasteiger partial charge in [0.1, 0.15) is 5.25 Å². The van der Waals surface area contributed by atoms with E-state index >= 15 is 0 Å². The van der Waals surface area contributed by atoms with Crippen LogP contribution in [0.1, 0.15) is 16.8 Å². The second kappa shape index (κ2) is 4.89. The highest BCUT2D eigenvalue weighted by molar-refractivity contribution is 8.15. The number of carbonyl (C=O) groups excluding carboxylic acids is 2. The van der Waals surface area contributed by atoms with Gasteiger partial charge in [0.2, 0.25) is 0 Å². The number of hydrogen-bond acceptors (Lipinski definition) is 4. The molecular formula is C11H9ClN2O2S. The number of rotatable bonds is 3. The van der Waals surface area contributed by atoms with Gasteiger partial charge in [-0.15, -0.1) is 0 Å². The van der Waals surface area contributed by atoms with E-state index in [4.69, 9.17) is 17.3 Å². The van der Waals surface area contributed by atoms with Crippen LogP contribution in [0.25, 0.3) is 0 Å². The van der Waals surface area contributed by atoms with Crippen molar-refractivity contribution in [3.63, 3.8) is 0 Å². The van der Waals surface area contributed by atoms with Gasteiger partial charge in [0.05, 0.1) is 0 Å². The summed E-state index contributed by atoms with van der Waals surface area (Å²) in [7, 11) is 0. The topological polar surface area (TPSA) is 72.5 Å². The number of hydrogen-bond donors (Lipinski definition) is 1. The molecule has 1 aliphatic rings. The Morgan fingerprint density at radius 1 is 1.41 bits per heavy atom. The number of halogens is 1. The third kappa shape index (κ3) is 2.87. The zero-order valence-corrected chi connectivity index (χ0v) is 10.3. The first kappa shape index (κ1) is 12.1. The zero-order valence-electron chi connectivity index (χ0n) is 8.72. The molecule has 1 heterocycles. The number of amides is 1. The molecule has 88 valence electrons. The van der Waals surface area contributed by atoms with Gasteiger partial charge in [-0.25, -0.2) is 0 Å². The third-order valence-corrected chi connectivity index (χ3v) is 3.53. The summed E-state index contributed by atoms with van der Waals surface area (Å²) in [5.74, 6) is -0.452. The summed E-state index contributed by atoms with van der Waals surface area (Å²) in [6.07, 6.45) is 0.106. The standard InChI is InChI=1S/C11H9ClN2O2S/c12-7-3-1-6(2-4-7)8(15)5-9-10(16)14-11(13)17-9/h1-4,9H,5H2,(H2,13,14,16)/t9-/m0/s1. The fourth-order valence-corrected chi connectivity index (χ4v) is 2.40. The van der Waals surface area contributed by atoms with Crippen LogP contribution in [0.5, 0.6) is 0 Å². The van der Waals surface area contributed by atoms with Gasteiger partial charge in [-0.2, -0.15) is 4.99 Å². The lowest BCUT2D eigenvalue weighted by Gasteiger charge is -2.05. The lowest BCUT2D eigenvalue weighted by Crippen LogP contribution is -2.16. The number of Topliss-reactive ketones (excluding diaryl/α,β-unsaturated/α-hetero) is 1. The summed E-state index contributed by atoms with van der Waals surface area (Å²) in [6.45, 7) is 0. The minimum atomic E-state index is -0.488. The maximum absolute atomic E-state index is 11.9. The van der Waals surface area contributed by atoms with Crippen molar-refractivity contribution in [1.29, 1.82) is 0 Å². The van der Waals surface area contributed by atoms with Gasteiger partial charge in [0.15, 0.2) is 11.0 Å². The number of nitrogens with two attached hydrogens (primary N) is 1. The molecule has 0 spiro atoms. The van der Waals surface area contributed by atoms with E-state index in [0.29, 0.717) is 10.6 Å². The van der Waals surface area contributed by atoms with Crippen molar-refractivity contribution in [2.24, 2.45) is 10.7 Å². The molecule has 0 unspecified atom stereocenters. The first-order valence-electron chi connectivity index (χ1n) is 4.89. The lowest BCUT2D eigenvalue weighted by molar-refractivity contribution is -0.117. The fourth-order valence-electron chi connectivity index (χ4n) is 1.45. The number of ketones is 1. The first-order chi connectivity index (χ1) is 8.06. The Balaban J connectivity index is 2.03. The van der Waals surface area contributed by atoms with Gasteiger partial charge in [0.25, 0.3) is 5.91 Å².